The lowest BCUT2D eigenvalue weighted by Crippen LogP contribution is -2.14. The molecule has 0 aliphatic heterocycles. The van der Waals surface area contributed by atoms with Gasteiger partial charge in [0.1, 0.15) is 0 Å². The second-order valence-corrected chi connectivity index (χ2v) is 8.81. The Labute approximate surface area is 169 Å². The summed E-state index contributed by atoms with van der Waals surface area (Å²) in [4.78, 5) is 13.3. The van der Waals surface area contributed by atoms with Crippen molar-refractivity contribution >= 4 is 39.1 Å². The van der Waals surface area contributed by atoms with E-state index in [1.54, 1.807) is 48.2 Å². The molecule has 0 aliphatic carbocycles. The van der Waals surface area contributed by atoms with E-state index in [0.29, 0.717) is 23.5 Å². The summed E-state index contributed by atoms with van der Waals surface area (Å²) in [6, 6.07) is 24.7. The van der Waals surface area contributed by atoms with Gasteiger partial charge in [-0.1, -0.05) is 36.4 Å². The van der Waals surface area contributed by atoms with Gasteiger partial charge in [-0.05, 0) is 48.5 Å². The van der Waals surface area contributed by atoms with Crippen LogP contribution in [0.25, 0.3) is 0 Å². The van der Waals surface area contributed by atoms with E-state index in [1.807, 2.05) is 36.4 Å². The Bertz CT molecular complexity index is 1010. The monoisotopic (exact) mass is 412 g/mol. The van der Waals surface area contributed by atoms with Crippen LogP contribution in [0, 0.1) is 0 Å². The number of hydrogen-bond donors (Lipinski definition) is 2. The first-order valence-electron chi connectivity index (χ1n) is 8.68. The van der Waals surface area contributed by atoms with Crippen LogP contribution in [0.15, 0.2) is 94.7 Å². The van der Waals surface area contributed by atoms with Gasteiger partial charge in [0.05, 0.1) is 4.90 Å². The molecule has 0 spiro atoms. The summed E-state index contributed by atoms with van der Waals surface area (Å²) in [6.45, 7) is 0. The van der Waals surface area contributed by atoms with Crippen molar-refractivity contribution in [2.75, 3.05) is 15.8 Å². The van der Waals surface area contributed by atoms with Crippen LogP contribution in [0.1, 0.15) is 6.42 Å². The zero-order chi connectivity index (χ0) is 19.8. The van der Waals surface area contributed by atoms with E-state index in [2.05, 4.69) is 10.0 Å². The molecule has 0 atom stereocenters. The van der Waals surface area contributed by atoms with Crippen LogP contribution in [0.5, 0.6) is 0 Å². The maximum absolute atomic E-state index is 12.4. The summed E-state index contributed by atoms with van der Waals surface area (Å²) in [5.41, 5.74) is 1.06. The van der Waals surface area contributed by atoms with Crippen molar-refractivity contribution in [2.24, 2.45) is 0 Å². The highest BCUT2D eigenvalue weighted by Crippen LogP contribution is 2.20. The molecule has 3 rings (SSSR count). The van der Waals surface area contributed by atoms with Crippen LogP contribution < -0.4 is 10.0 Å². The SMILES string of the molecule is O=C(CCSc1ccccc1)Nc1ccc(S(=O)(=O)Nc2ccccc2)cc1. The van der Waals surface area contributed by atoms with Crippen LogP contribution in [0.2, 0.25) is 0 Å². The number of amides is 1. The van der Waals surface area contributed by atoms with Crippen LogP contribution in [0.3, 0.4) is 0 Å². The second kappa shape index (κ2) is 9.43. The average Bonchev–Trinajstić information content (AvgIpc) is 2.70. The summed E-state index contributed by atoms with van der Waals surface area (Å²) in [6.07, 6.45) is 0.370. The molecule has 0 fully saturated rings. The fourth-order valence-corrected chi connectivity index (χ4v) is 4.37. The van der Waals surface area contributed by atoms with Crippen molar-refractivity contribution in [1.82, 2.24) is 0 Å². The molecule has 0 aliphatic rings. The van der Waals surface area contributed by atoms with Crippen LogP contribution in [0.4, 0.5) is 11.4 Å². The molecular weight excluding hydrogens is 392 g/mol. The summed E-state index contributed by atoms with van der Waals surface area (Å²) >= 11 is 1.62. The number of rotatable bonds is 8. The van der Waals surface area contributed by atoms with Gasteiger partial charge in [-0.25, -0.2) is 8.42 Å². The number of para-hydroxylation sites is 1. The summed E-state index contributed by atoms with van der Waals surface area (Å²) in [7, 11) is -3.67. The van der Waals surface area contributed by atoms with E-state index < -0.39 is 10.0 Å². The normalized spacial score (nSPS) is 11.0. The van der Waals surface area contributed by atoms with Gasteiger partial charge < -0.3 is 5.32 Å². The highest BCUT2D eigenvalue weighted by molar-refractivity contribution is 7.99. The molecule has 28 heavy (non-hydrogen) atoms. The highest BCUT2D eigenvalue weighted by Gasteiger charge is 2.14. The minimum Gasteiger partial charge on any atom is -0.326 e. The fourth-order valence-electron chi connectivity index (χ4n) is 2.44. The Morgan fingerprint density at radius 1 is 0.786 bits per heavy atom. The van der Waals surface area contributed by atoms with Gasteiger partial charge in [0.25, 0.3) is 10.0 Å². The van der Waals surface area contributed by atoms with Gasteiger partial charge in [-0.15, -0.1) is 11.8 Å². The Morgan fingerprint density at radius 3 is 2.04 bits per heavy atom. The predicted octanol–water partition coefficient (Wildman–Crippen LogP) is 4.61. The van der Waals surface area contributed by atoms with Crippen molar-refractivity contribution in [2.45, 2.75) is 16.2 Å². The average molecular weight is 413 g/mol. The molecule has 5 nitrogen and oxygen atoms in total. The summed E-state index contributed by atoms with van der Waals surface area (Å²) in [5.74, 6) is 0.560. The van der Waals surface area contributed by atoms with Crippen molar-refractivity contribution in [3.05, 3.63) is 84.9 Å². The van der Waals surface area contributed by atoms with Crippen molar-refractivity contribution < 1.29 is 13.2 Å². The number of thioether (sulfide) groups is 1. The van der Waals surface area contributed by atoms with Gasteiger partial charge in [0.15, 0.2) is 0 Å². The molecule has 0 aromatic heterocycles. The molecule has 0 saturated carbocycles. The van der Waals surface area contributed by atoms with E-state index in [0.717, 1.165) is 4.90 Å². The third-order valence-electron chi connectivity index (χ3n) is 3.82. The lowest BCUT2D eigenvalue weighted by atomic mass is 10.3. The standard InChI is InChI=1S/C21H20N2O3S2/c24-21(15-16-27-19-9-5-2-6-10-19)22-17-11-13-20(14-12-17)28(25,26)23-18-7-3-1-4-8-18/h1-14,23H,15-16H2,(H,22,24). The van der Waals surface area contributed by atoms with Crippen molar-refractivity contribution in [1.29, 1.82) is 0 Å². The first kappa shape index (κ1) is 20.0. The van der Waals surface area contributed by atoms with Crippen LogP contribution in [-0.4, -0.2) is 20.1 Å². The number of sulfonamides is 1. The number of nitrogens with one attached hydrogen (secondary N) is 2. The Morgan fingerprint density at radius 2 is 1.39 bits per heavy atom. The Hall–Kier alpha value is -2.77. The van der Waals surface area contributed by atoms with Crippen molar-refractivity contribution in [3.63, 3.8) is 0 Å². The number of hydrogen-bond acceptors (Lipinski definition) is 4. The predicted molar refractivity (Wildman–Crippen MR) is 114 cm³/mol. The number of carbonyl (C=O) groups is 1. The van der Waals surface area contributed by atoms with Crippen molar-refractivity contribution in [3.8, 4) is 0 Å². The minimum absolute atomic E-state index is 0.110. The zero-order valence-electron chi connectivity index (χ0n) is 15.0. The first-order valence-corrected chi connectivity index (χ1v) is 11.2. The fraction of sp³-hybridized carbons (Fsp3) is 0.0952. The smallest absolute Gasteiger partial charge is 0.261 e. The molecule has 0 bridgehead atoms. The molecule has 1 amide bonds. The molecule has 3 aromatic rings. The van der Waals surface area contributed by atoms with E-state index in [4.69, 9.17) is 0 Å². The van der Waals surface area contributed by atoms with Gasteiger partial charge in [-0.3, -0.25) is 9.52 Å². The largest absolute Gasteiger partial charge is 0.326 e. The molecule has 0 saturated heterocycles. The summed E-state index contributed by atoms with van der Waals surface area (Å²) < 4.78 is 27.3. The highest BCUT2D eigenvalue weighted by atomic mass is 32.2. The topological polar surface area (TPSA) is 75.3 Å². The third-order valence-corrected chi connectivity index (χ3v) is 6.23. The van der Waals surface area contributed by atoms with E-state index in [-0.39, 0.29) is 10.8 Å². The number of carbonyl (C=O) groups excluding carboxylic acids is 1. The Balaban J connectivity index is 1.53. The van der Waals surface area contributed by atoms with E-state index in [1.165, 1.54) is 12.1 Å². The third kappa shape index (κ3) is 5.87. The van der Waals surface area contributed by atoms with Gasteiger partial charge in [-0.2, -0.15) is 0 Å². The number of anilines is 2. The molecule has 0 unspecified atom stereocenters. The minimum atomic E-state index is -3.67. The number of benzene rings is 3. The molecule has 3 aromatic carbocycles. The van der Waals surface area contributed by atoms with Gasteiger partial charge in [0, 0.05) is 28.4 Å². The molecule has 2 N–H and O–H groups in total. The Kier molecular flexibility index (Phi) is 6.73. The lowest BCUT2D eigenvalue weighted by Gasteiger charge is -2.09. The van der Waals surface area contributed by atoms with Crippen LogP contribution in [-0.2, 0) is 14.8 Å². The van der Waals surface area contributed by atoms with Crippen LogP contribution >= 0.6 is 11.8 Å². The lowest BCUT2D eigenvalue weighted by molar-refractivity contribution is -0.115. The second-order valence-electron chi connectivity index (χ2n) is 5.96. The zero-order valence-corrected chi connectivity index (χ0v) is 16.7. The molecule has 7 heteroatoms. The quantitative estimate of drug-likeness (QED) is 0.530. The molecule has 0 heterocycles. The van der Waals surface area contributed by atoms with E-state index >= 15 is 0 Å². The van der Waals surface area contributed by atoms with Gasteiger partial charge in [0.2, 0.25) is 5.91 Å². The molecule has 144 valence electrons. The first-order chi connectivity index (χ1) is 13.5. The molecular formula is C21H20N2O3S2. The maximum atomic E-state index is 12.4. The summed E-state index contributed by atoms with van der Waals surface area (Å²) in [5, 5.41) is 2.79. The van der Waals surface area contributed by atoms with Gasteiger partial charge >= 0.3 is 0 Å². The molecule has 0 radical (unpaired) electrons. The van der Waals surface area contributed by atoms with E-state index in [9.17, 15) is 13.2 Å². The maximum Gasteiger partial charge on any atom is 0.261 e.